The molecular formula is C14H24N3OPS. The van der Waals surface area contributed by atoms with Gasteiger partial charge in [0.15, 0.2) is 0 Å². The molecule has 1 aromatic carbocycles. The van der Waals surface area contributed by atoms with Gasteiger partial charge in [-0.25, -0.2) is 9.45 Å². The molecule has 0 aliphatic heterocycles. The number of benzene rings is 1. The van der Waals surface area contributed by atoms with Crippen LogP contribution in [0.3, 0.4) is 0 Å². The fourth-order valence-corrected chi connectivity index (χ4v) is 7.43. The van der Waals surface area contributed by atoms with E-state index in [1.54, 1.807) is 13.2 Å². The molecule has 0 fully saturated rings. The Morgan fingerprint density at radius 3 is 2.65 bits per heavy atom. The van der Waals surface area contributed by atoms with E-state index in [0.29, 0.717) is 11.8 Å². The van der Waals surface area contributed by atoms with Crippen molar-refractivity contribution in [2.75, 3.05) is 13.7 Å². The maximum atomic E-state index is 8.66. The average Bonchev–Trinajstić information content (AvgIpc) is 2.50. The zero-order valence-corrected chi connectivity index (χ0v) is 14.1. The highest BCUT2D eigenvalue weighted by Gasteiger charge is 2.26. The summed E-state index contributed by atoms with van der Waals surface area (Å²) in [5, 5.41) is 12.2. The van der Waals surface area contributed by atoms with Crippen molar-refractivity contribution >= 4 is 22.6 Å². The van der Waals surface area contributed by atoms with E-state index in [9.17, 15) is 0 Å². The molecule has 3 atom stereocenters. The smallest absolute Gasteiger partial charge is 0.217 e. The summed E-state index contributed by atoms with van der Waals surface area (Å²) in [4.78, 5) is 0. The first-order valence-corrected chi connectivity index (χ1v) is 10.2. The quantitative estimate of drug-likeness (QED) is 0.531. The SMILES string of the molecule is C=CCNP(=N)(OC)S(=Nc1ccccc1)C(C)CC. The predicted octanol–water partition coefficient (Wildman–Crippen LogP) is 4.87. The van der Waals surface area contributed by atoms with Gasteiger partial charge in [-0.3, -0.25) is 5.16 Å². The number of hydrogen-bond acceptors (Lipinski definition) is 3. The second-order valence-corrected chi connectivity index (χ2v) is 10.3. The van der Waals surface area contributed by atoms with Gasteiger partial charge in [0.05, 0.1) is 5.69 Å². The van der Waals surface area contributed by atoms with Gasteiger partial charge in [0.25, 0.3) is 0 Å². The molecule has 112 valence electrons. The molecule has 0 spiro atoms. The van der Waals surface area contributed by atoms with Crippen LogP contribution in [0.4, 0.5) is 5.69 Å². The van der Waals surface area contributed by atoms with Gasteiger partial charge in [-0.05, 0) is 28.9 Å². The highest BCUT2D eigenvalue weighted by molar-refractivity contribution is 8.48. The van der Waals surface area contributed by atoms with E-state index >= 15 is 0 Å². The Morgan fingerprint density at radius 1 is 1.50 bits per heavy atom. The minimum atomic E-state index is -2.53. The fourth-order valence-electron chi connectivity index (χ4n) is 1.54. The number of hydrogen-bond donors (Lipinski definition) is 2. The van der Waals surface area contributed by atoms with Crippen LogP contribution < -0.4 is 5.09 Å². The lowest BCUT2D eigenvalue weighted by atomic mass is 10.3. The molecule has 0 saturated carbocycles. The second-order valence-electron chi connectivity index (χ2n) is 4.32. The van der Waals surface area contributed by atoms with E-state index in [1.807, 2.05) is 30.3 Å². The lowest BCUT2D eigenvalue weighted by molar-refractivity contribution is 0.454. The van der Waals surface area contributed by atoms with Crippen LogP contribution in [-0.4, -0.2) is 18.9 Å². The first-order valence-electron chi connectivity index (χ1n) is 6.64. The Labute approximate surface area is 124 Å². The van der Waals surface area contributed by atoms with Gasteiger partial charge in [-0.2, -0.15) is 0 Å². The van der Waals surface area contributed by atoms with Crippen LogP contribution in [0.1, 0.15) is 20.3 Å². The van der Waals surface area contributed by atoms with Gasteiger partial charge in [0.1, 0.15) is 0 Å². The molecule has 0 saturated heterocycles. The lowest BCUT2D eigenvalue weighted by Gasteiger charge is -2.27. The highest BCUT2D eigenvalue weighted by Crippen LogP contribution is 2.51. The van der Waals surface area contributed by atoms with Gasteiger partial charge in [-0.15, -0.1) is 6.58 Å². The molecule has 0 aliphatic rings. The first-order chi connectivity index (χ1) is 9.57. The van der Waals surface area contributed by atoms with Crippen LogP contribution >= 0.6 is 6.63 Å². The van der Waals surface area contributed by atoms with E-state index in [2.05, 4.69) is 25.5 Å². The molecule has 3 unspecified atom stereocenters. The van der Waals surface area contributed by atoms with Crippen molar-refractivity contribution in [2.24, 2.45) is 4.36 Å². The molecule has 0 amide bonds. The highest BCUT2D eigenvalue weighted by atomic mass is 32.8. The molecule has 20 heavy (non-hydrogen) atoms. The maximum absolute atomic E-state index is 8.66. The summed E-state index contributed by atoms with van der Waals surface area (Å²) in [7, 11) is 1.09. The maximum Gasteiger partial charge on any atom is 0.217 e. The molecule has 2 N–H and O–H groups in total. The van der Waals surface area contributed by atoms with Crippen LogP contribution in [0.2, 0.25) is 0 Å². The van der Waals surface area contributed by atoms with Crippen LogP contribution in [-0.2, 0) is 14.8 Å². The average molecular weight is 313 g/mol. The van der Waals surface area contributed by atoms with Crippen molar-refractivity contribution in [3.05, 3.63) is 43.0 Å². The first kappa shape index (κ1) is 17.3. The van der Waals surface area contributed by atoms with Crippen LogP contribution in [0, 0.1) is 5.16 Å². The number of nitrogens with zero attached hydrogens (tertiary/aromatic N) is 1. The van der Waals surface area contributed by atoms with Gasteiger partial charge in [0, 0.05) is 18.9 Å². The summed E-state index contributed by atoms with van der Waals surface area (Å²) >= 11 is 0. The van der Waals surface area contributed by atoms with E-state index < -0.39 is 16.9 Å². The molecule has 1 aromatic rings. The minimum absolute atomic E-state index is 0.304. The van der Waals surface area contributed by atoms with E-state index in [4.69, 9.17) is 14.0 Å². The molecule has 0 aliphatic carbocycles. The summed E-state index contributed by atoms with van der Waals surface area (Å²) < 4.78 is 10.3. The van der Waals surface area contributed by atoms with Crippen molar-refractivity contribution in [1.82, 2.24) is 5.09 Å². The summed E-state index contributed by atoms with van der Waals surface area (Å²) in [6, 6.07) is 9.83. The second kappa shape index (κ2) is 8.53. The standard InChI is InChI=1S/C14H24N3OPS/c1-5-12-16-19(15,18-4)20(13(3)6-2)17-14-10-8-7-9-11-14/h5,7-11,13H,1,6,12H2,2-4H3,(H2,15,16). The van der Waals surface area contributed by atoms with Gasteiger partial charge in [-0.1, -0.05) is 38.1 Å². The monoisotopic (exact) mass is 313 g/mol. The zero-order chi connectivity index (χ0) is 15.0. The van der Waals surface area contributed by atoms with Crippen molar-refractivity contribution in [3.63, 3.8) is 0 Å². The summed E-state index contributed by atoms with van der Waals surface area (Å²) in [6.45, 7) is 5.99. The summed E-state index contributed by atoms with van der Waals surface area (Å²) in [5.41, 5.74) is 0.908. The van der Waals surface area contributed by atoms with Crippen molar-refractivity contribution < 1.29 is 4.52 Å². The number of nitrogens with one attached hydrogen (secondary N) is 2. The third kappa shape index (κ3) is 4.67. The third-order valence-corrected chi connectivity index (χ3v) is 9.68. The van der Waals surface area contributed by atoms with Crippen molar-refractivity contribution in [3.8, 4) is 0 Å². The van der Waals surface area contributed by atoms with Crippen molar-refractivity contribution in [2.45, 2.75) is 25.5 Å². The number of rotatable bonds is 8. The summed E-state index contributed by atoms with van der Waals surface area (Å²) in [5.74, 6) is 0. The molecule has 0 heterocycles. The Morgan fingerprint density at radius 2 is 2.15 bits per heavy atom. The fraction of sp³-hybridized carbons (Fsp3) is 0.429. The third-order valence-electron chi connectivity index (χ3n) is 2.85. The lowest BCUT2D eigenvalue weighted by Crippen LogP contribution is -2.20. The Balaban J connectivity index is 3.20. The van der Waals surface area contributed by atoms with Crippen LogP contribution in [0.25, 0.3) is 0 Å². The zero-order valence-electron chi connectivity index (χ0n) is 12.4. The molecule has 4 nitrogen and oxygen atoms in total. The molecular weight excluding hydrogens is 289 g/mol. The largest absolute Gasteiger partial charge is 0.328 e. The molecule has 0 aromatic heterocycles. The predicted molar refractivity (Wildman–Crippen MR) is 90.5 cm³/mol. The molecule has 6 heteroatoms. The van der Waals surface area contributed by atoms with Gasteiger partial charge < -0.3 is 4.52 Å². The van der Waals surface area contributed by atoms with E-state index in [1.165, 1.54) is 0 Å². The van der Waals surface area contributed by atoms with E-state index in [-0.39, 0.29) is 0 Å². The Hall–Kier alpha value is -0.740. The van der Waals surface area contributed by atoms with Gasteiger partial charge in [0.2, 0.25) is 6.63 Å². The topological polar surface area (TPSA) is 57.5 Å². The Bertz CT molecular complexity index is 504. The van der Waals surface area contributed by atoms with Gasteiger partial charge >= 0.3 is 0 Å². The van der Waals surface area contributed by atoms with E-state index in [0.717, 1.165) is 12.1 Å². The van der Waals surface area contributed by atoms with Crippen LogP contribution in [0.15, 0.2) is 47.3 Å². The van der Waals surface area contributed by atoms with Crippen LogP contribution in [0.5, 0.6) is 0 Å². The molecule has 1 rings (SSSR count). The Kier molecular flexibility index (Phi) is 7.38. The normalized spacial score (nSPS) is 17.4. The minimum Gasteiger partial charge on any atom is -0.328 e. The summed E-state index contributed by atoms with van der Waals surface area (Å²) in [6.07, 6.45) is 2.72. The van der Waals surface area contributed by atoms with Crippen molar-refractivity contribution in [1.29, 1.82) is 5.16 Å². The molecule has 0 radical (unpaired) electrons. The molecule has 0 bridgehead atoms.